The summed E-state index contributed by atoms with van der Waals surface area (Å²) in [7, 11) is 1.58. The fourth-order valence-electron chi connectivity index (χ4n) is 1.25. The van der Waals surface area contributed by atoms with Crippen molar-refractivity contribution in [3.8, 4) is 5.75 Å². The minimum atomic E-state index is -0.0493. The van der Waals surface area contributed by atoms with Gasteiger partial charge in [-0.25, -0.2) is 0 Å². The number of hydrogen-bond acceptors (Lipinski definition) is 4. The number of anilines is 2. The lowest BCUT2D eigenvalue weighted by atomic mass is 10.2. The molecule has 4 nitrogen and oxygen atoms in total. The third kappa shape index (κ3) is 4.87. The zero-order chi connectivity index (χ0) is 13.8. The van der Waals surface area contributed by atoms with Crippen LogP contribution in [0, 0.1) is 0 Å². The Morgan fingerprint density at radius 1 is 1.44 bits per heavy atom. The third-order valence-corrected chi connectivity index (χ3v) is 3.44. The van der Waals surface area contributed by atoms with Crippen molar-refractivity contribution in [1.29, 1.82) is 0 Å². The van der Waals surface area contributed by atoms with Crippen LogP contribution in [0.3, 0.4) is 0 Å². The smallest absolute Gasteiger partial charge is 0.234 e. The number of rotatable bonds is 4. The summed E-state index contributed by atoms with van der Waals surface area (Å²) in [5.74, 6) is 1.04. The number of nitrogens with one attached hydrogen (secondary N) is 1. The van der Waals surface area contributed by atoms with E-state index in [1.807, 2.05) is 0 Å². The van der Waals surface area contributed by atoms with Gasteiger partial charge < -0.3 is 15.8 Å². The second kappa shape index (κ2) is 6.00. The van der Waals surface area contributed by atoms with Crippen molar-refractivity contribution in [2.45, 2.75) is 25.5 Å². The van der Waals surface area contributed by atoms with Gasteiger partial charge in [0.2, 0.25) is 5.91 Å². The zero-order valence-electron chi connectivity index (χ0n) is 11.2. The van der Waals surface area contributed by atoms with Gasteiger partial charge in [-0.3, -0.25) is 4.79 Å². The van der Waals surface area contributed by atoms with Crippen LogP contribution in [0.5, 0.6) is 5.75 Å². The number of carbonyl (C=O) groups is 1. The first kappa shape index (κ1) is 14.7. The van der Waals surface area contributed by atoms with E-state index in [0.717, 1.165) is 0 Å². The van der Waals surface area contributed by atoms with Gasteiger partial charge in [-0.2, -0.15) is 0 Å². The zero-order valence-corrected chi connectivity index (χ0v) is 12.1. The number of amides is 1. The van der Waals surface area contributed by atoms with Crippen LogP contribution in [-0.2, 0) is 4.79 Å². The van der Waals surface area contributed by atoms with E-state index in [-0.39, 0.29) is 10.7 Å². The molecular weight excluding hydrogens is 248 g/mol. The van der Waals surface area contributed by atoms with Crippen molar-refractivity contribution in [3.05, 3.63) is 18.2 Å². The van der Waals surface area contributed by atoms with Crippen molar-refractivity contribution < 1.29 is 9.53 Å². The molecule has 0 radical (unpaired) electrons. The highest BCUT2D eigenvalue weighted by atomic mass is 32.2. The summed E-state index contributed by atoms with van der Waals surface area (Å²) in [4.78, 5) is 11.7. The first-order valence-electron chi connectivity index (χ1n) is 5.69. The molecule has 0 spiro atoms. The number of nitrogens with two attached hydrogens (primary N) is 1. The molecule has 1 rings (SSSR count). The summed E-state index contributed by atoms with van der Waals surface area (Å²) < 4.78 is 5.12. The van der Waals surface area contributed by atoms with Gasteiger partial charge in [0.1, 0.15) is 5.75 Å². The Kier molecular flexibility index (Phi) is 4.90. The first-order chi connectivity index (χ1) is 8.31. The number of carbonyl (C=O) groups excluding carboxylic acids is 1. The molecule has 100 valence electrons. The molecule has 18 heavy (non-hydrogen) atoms. The Morgan fingerprint density at radius 2 is 2.11 bits per heavy atom. The SMILES string of the molecule is COc1ccc(NC(=O)CSC(C)(C)C)c(N)c1. The van der Waals surface area contributed by atoms with Crippen LogP contribution in [0.1, 0.15) is 20.8 Å². The molecule has 1 aromatic rings. The van der Waals surface area contributed by atoms with E-state index >= 15 is 0 Å². The monoisotopic (exact) mass is 268 g/mol. The Balaban J connectivity index is 2.59. The highest BCUT2D eigenvalue weighted by Crippen LogP contribution is 2.26. The van der Waals surface area contributed by atoms with Crippen molar-refractivity contribution in [3.63, 3.8) is 0 Å². The van der Waals surface area contributed by atoms with E-state index in [0.29, 0.717) is 22.9 Å². The molecule has 5 heteroatoms. The molecule has 0 bridgehead atoms. The maximum Gasteiger partial charge on any atom is 0.234 e. The van der Waals surface area contributed by atoms with Gasteiger partial charge in [0.15, 0.2) is 0 Å². The highest BCUT2D eigenvalue weighted by Gasteiger charge is 2.14. The minimum Gasteiger partial charge on any atom is -0.497 e. The van der Waals surface area contributed by atoms with Gasteiger partial charge in [-0.05, 0) is 12.1 Å². The molecule has 0 heterocycles. The van der Waals surface area contributed by atoms with Crippen molar-refractivity contribution in [1.82, 2.24) is 0 Å². The summed E-state index contributed by atoms with van der Waals surface area (Å²) in [5, 5.41) is 2.79. The van der Waals surface area contributed by atoms with E-state index in [1.54, 1.807) is 37.1 Å². The predicted molar refractivity (Wildman–Crippen MR) is 78.2 cm³/mol. The van der Waals surface area contributed by atoms with Gasteiger partial charge in [0, 0.05) is 10.8 Å². The summed E-state index contributed by atoms with van der Waals surface area (Å²) in [6.45, 7) is 6.23. The normalized spacial score (nSPS) is 11.1. The van der Waals surface area contributed by atoms with E-state index in [1.165, 1.54) is 0 Å². The van der Waals surface area contributed by atoms with Crippen LogP contribution in [0.15, 0.2) is 18.2 Å². The molecule has 1 amide bonds. The van der Waals surface area contributed by atoms with Crippen molar-refractivity contribution in [2.75, 3.05) is 23.9 Å². The van der Waals surface area contributed by atoms with Gasteiger partial charge in [-0.1, -0.05) is 20.8 Å². The van der Waals surface area contributed by atoms with Crippen molar-refractivity contribution in [2.24, 2.45) is 0 Å². The summed E-state index contributed by atoms with van der Waals surface area (Å²) in [5.41, 5.74) is 6.95. The largest absolute Gasteiger partial charge is 0.497 e. The van der Waals surface area contributed by atoms with Crippen LogP contribution < -0.4 is 15.8 Å². The van der Waals surface area contributed by atoms with Crippen LogP contribution in [0.25, 0.3) is 0 Å². The fraction of sp³-hybridized carbons (Fsp3) is 0.462. The van der Waals surface area contributed by atoms with Crippen LogP contribution in [-0.4, -0.2) is 23.5 Å². The molecule has 0 saturated heterocycles. The van der Waals surface area contributed by atoms with Crippen LogP contribution >= 0.6 is 11.8 Å². The Hall–Kier alpha value is -1.36. The molecule has 0 unspecified atom stereocenters. The average molecular weight is 268 g/mol. The summed E-state index contributed by atoms with van der Waals surface area (Å²) in [6.07, 6.45) is 0. The number of ether oxygens (including phenoxy) is 1. The first-order valence-corrected chi connectivity index (χ1v) is 6.68. The number of methoxy groups -OCH3 is 1. The molecule has 3 N–H and O–H groups in total. The van der Waals surface area contributed by atoms with E-state index in [4.69, 9.17) is 10.5 Å². The molecule has 0 aliphatic rings. The van der Waals surface area contributed by atoms with Crippen LogP contribution in [0.4, 0.5) is 11.4 Å². The van der Waals surface area contributed by atoms with Gasteiger partial charge in [0.25, 0.3) is 0 Å². The second-order valence-corrected chi connectivity index (χ2v) is 6.70. The molecule has 0 aliphatic heterocycles. The van der Waals surface area contributed by atoms with E-state index in [2.05, 4.69) is 26.1 Å². The van der Waals surface area contributed by atoms with Gasteiger partial charge in [0.05, 0.1) is 24.2 Å². The molecule has 0 saturated carbocycles. The number of benzene rings is 1. The van der Waals surface area contributed by atoms with Crippen LogP contribution in [0.2, 0.25) is 0 Å². The molecule has 0 atom stereocenters. The summed E-state index contributed by atoms with van der Waals surface area (Å²) >= 11 is 1.60. The molecule has 0 aliphatic carbocycles. The topological polar surface area (TPSA) is 64.3 Å². The standard InChI is InChI=1S/C13H20N2O2S/c1-13(2,3)18-8-12(16)15-11-6-5-9(17-4)7-10(11)14/h5-7H,8,14H2,1-4H3,(H,15,16). The lowest BCUT2D eigenvalue weighted by molar-refractivity contribution is -0.113. The van der Waals surface area contributed by atoms with Gasteiger partial charge >= 0.3 is 0 Å². The molecule has 0 aromatic heterocycles. The number of hydrogen-bond donors (Lipinski definition) is 2. The number of thioether (sulfide) groups is 1. The Labute approximate surface area is 112 Å². The molecule has 0 fully saturated rings. The lowest BCUT2D eigenvalue weighted by Gasteiger charge is -2.17. The fourth-order valence-corrected chi connectivity index (χ4v) is 1.89. The third-order valence-electron chi connectivity index (χ3n) is 2.17. The van der Waals surface area contributed by atoms with E-state index < -0.39 is 0 Å². The average Bonchev–Trinajstić information content (AvgIpc) is 2.28. The Morgan fingerprint density at radius 3 is 2.61 bits per heavy atom. The quantitative estimate of drug-likeness (QED) is 0.824. The Bertz CT molecular complexity index is 427. The van der Waals surface area contributed by atoms with E-state index in [9.17, 15) is 4.79 Å². The lowest BCUT2D eigenvalue weighted by Crippen LogP contribution is -2.19. The molecule has 1 aromatic carbocycles. The maximum absolute atomic E-state index is 11.7. The summed E-state index contributed by atoms with van der Waals surface area (Å²) in [6, 6.07) is 5.20. The molecular formula is C13H20N2O2S. The minimum absolute atomic E-state index is 0.0493. The second-order valence-electron chi connectivity index (χ2n) is 4.90. The van der Waals surface area contributed by atoms with Gasteiger partial charge in [-0.15, -0.1) is 11.8 Å². The highest BCUT2D eigenvalue weighted by molar-refractivity contribution is 8.01. The predicted octanol–water partition coefficient (Wildman–Crippen LogP) is 2.75. The number of nitrogen functional groups attached to an aromatic ring is 1. The maximum atomic E-state index is 11.7. The van der Waals surface area contributed by atoms with Crippen molar-refractivity contribution >= 4 is 29.0 Å².